The number of nitrogens with two attached hydrogens (primary N) is 1. The second kappa shape index (κ2) is 5.59. The zero-order valence-electron chi connectivity index (χ0n) is 13.2. The fourth-order valence-electron chi connectivity index (χ4n) is 2.89. The number of rotatable bonds is 6. The molecule has 0 bridgehead atoms. The maximum absolute atomic E-state index is 12.6. The average molecular weight is 311 g/mol. The van der Waals surface area contributed by atoms with Crippen LogP contribution in [0.2, 0.25) is 0 Å². The summed E-state index contributed by atoms with van der Waals surface area (Å²) in [6, 6.07) is 3.49. The summed E-state index contributed by atoms with van der Waals surface area (Å²) >= 11 is 0. The number of benzene rings is 1. The summed E-state index contributed by atoms with van der Waals surface area (Å²) in [5.74, 6) is 5.88. The molecular weight excluding hydrogens is 286 g/mol. The third-order valence-electron chi connectivity index (χ3n) is 4.63. The molecule has 1 aliphatic rings. The average Bonchev–Trinajstić information content (AvgIpc) is 3.16. The molecule has 0 spiro atoms. The van der Waals surface area contributed by atoms with E-state index in [9.17, 15) is 8.42 Å². The molecule has 21 heavy (non-hydrogen) atoms. The lowest BCUT2D eigenvalue weighted by molar-refractivity contribution is 0.357. The summed E-state index contributed by atoms with van der Waals surface area (Å²) in [6.07, 6.45) is 2.20. The number of hydrazine groups is 1. The van der Waals surface area contributed by atoms with Gasteiger partial charge in [-0.25, -0.2) is 13.1 Å². The molecular formula is C15H25N3O2S. The summed E-state index contributed by atoms with van der Waals surface area (Å²) in [6.45, 7) is 8.40. The molecule has 0 amide bonds. The summed E-state index contributed by atoms with van der Waals surface area (Å²) in [4.78, 5) is 0.362. The Balaban J connectivity index is 2.24. The van der Waals surface area contributed by atoms with Gasteiger partial charge in [0.05, 0.1) is 4.90 Å². The van der Waals surface area contributed by atoms with E-state index in [1.807, 2.05) is 0 Å². The molecule has 0 heterocycles. The van der Waals surface area contributed by atoms with Crippen molar-refractivity contribution >= 4 is 15.7 Å². The number of aryl methyl sites for hydroxylation is 2. The first-order chi connectivity index (χ1) is 9.72. The van der Waals surface area contributed by atoms with Gasteiger partial charge in [-0.15, -0.1) is 0 Å². The van der Waals surface area contributed by atoms with Crippen molar-refractivity contribution in [3.8, 4) is 0 Å². The van der Waals surface area contributed by atoms with E-state index in [2.05, 4.69) is 24.0 Å². The van der Waals surface area contributed by atoms with Gasteiger partial charge in [0.15, 0.2) is 0 Å². The molecule has 118 valence electrons. The Morgan fingerprint density at radius 1 is 1.24 bits per heavy atom. The van der Waals surface area contributed by atoms with Crippen LogP contribution in [0, 0.1) is 25.2 Å². The van der Waals surface area contributed by atoms with Crippen LogP contribution in [-0.2, 0) is 10.0 Å². The maximum atomic E-state index is 12.6. The fraction of sp³-hybridized carbons (Fsp3) is 0.600. The highest BCUT2D eigenvalue weighted by molar-refractivity contribution is 7.89. The molecule has 0 atom stereocenters. The number of hydrogen-bond acceptors (Lipinski definition) is 4. The molecule has 0 saturated heterocycles. The van der Waals surface area contributed by atoms with E-state index in [1.165, 1.54) is 0 Å². The van der Waals surface area contributed by atoms with E-state index >= 15 is 0 Å². The van der Waals surface area contributed by atoms with Crippen LogP contribution in [-0.4, -0.2) is 15.0 Å². The summed E-state index contributed by atoms with van der Waals surface area (Å²) in [5.41, 5.74) is 4.81. The molecule has 6 heteroatoms. The lowest BCUT2D eigenvalue weighted by Crippen LogP contribution is -2.33. The Labute approximate surface area is 127 Å². The van der Waals surface area contributed by atoms with Gasteiger partial charge in [-0.1, -0.05) is 13.8 Å². The van der Waals surface area contributed by atoms with Crippen LogP contribution in [0.3, 0.4) is 0 Å². The minimum atomic E-state index is -3.49. The van der Waals surface area contributed by atoms with Crippen molar-refractivity contribution in [2.45, 2.75) is 45.4 Å². The van der Waals surface area contributed by atoms with Crippen molar-refractivity contribution in [1.82, 2.24) is 4.72 Å². The lowest BCUT2D eigenvalue weighted by Gasteiger charge is -2.21. The van der Waals surface area contributed by atoms with Crippen molar-refractivity contribution in [2.75, 3.05) is 12.0 Å². The molecule has 1 fully saturated rings. The number of hydrogen-bond donors (Lipinski definition) is 3. The second-order valence-corrected chi connectivity index (χ2v) is 8.13. The number of nitrogen functional groups attached to an aromatic ring is 1. The molecule has 1 aromatic rings. The summed E-state index contributed by atoms with van der Waals surface area (Å²) in [5, 5.41) is 0. The molecule has 1 aliphatic carbocycles. The first-order valence-corrected chi connectivity index (χ1v) is 8.78. The molecule has 0 aromatic heterocycles. The Hall–Kier alpha value is -1.11. The van der Waals surface area contributed by atoms with E-state index in [0.29, 0.717) is 34.2 Å². The van der Waals surface area contributed by atoms with Gasteiger partial charge >= 0.3 is 0 Å². The van der Waals surface area contributed by atoms with Gasteiger partial charge in [0.1, 0.15) is 0 Å². The monoisotopic (exact) mass is 311 g/mol. The number of sulfonamides is 1. The van der Waals surface area contributed by atoms with Gasteiger partial charge in [0.25, 0.3) is 0 Å². The van der Waals surface area contributed by atoms with E-state index in [-0.39, 0.29) is 5.41 Å². The van der Waals surface area contributed by atoms with E-state index in [4.69, 9.17) is 5.84 Å². The standard InChI is InChI=1S/C15H25N3O2S/c1-10(2)15(5-6-15)9-17-21(19,20)14-11(3)7-13(18-16)8-12(14)4/h7-8,10,17-18H,5-6,9,16H2,1-4H3. The van der Waals surface area contributed by atoms with E-state index < -0.39 is 10.0 Å². The van der Waals surface area contributed by atoms with Crippen LogP contribution in [0.5, 0.6) is 0 Å². The molecule has 0 radical (unpaired) electrons. The van der Waals surface area contributed by atoms with Gasteiger partial charge in [0.2, 0.25) is 10.0 Å². The number of anilines is 1. The summed E-state index contributed by atoms with van der Waals surface area (Å²) < 4.78 is 28.0. The molecule has 4 N–H and O–H groups in total. The first-order valence-electron chi connectivity index (χ1n) is 7.29. The molecule has 1 saturated carbocycles. The van der Waals surface area contributed by atoms with Gasteiger partial charge in [-0.05, 0) is 61.3 Å². The maximum Gasteiger partial charge on any atom is 0.241 e. The minimum absolute atomic E-state index is 0.146. The van der Waals surface area contributed by atoms with Crippen LogP contribution < -0.4 is 16.0 Å². The topological polar surface area (TPSA) is 84.2 Å². The van der Waals surface area contributed by atoms with Crippen LogP contribution in [0.15, 0.2) is 17.0 Å². The third kappa shape index (κ3) is 3.22. The third-order valence-corrected chi connectivity index (χ3v) is 6.33. The van der Waals surface area contributed by atoms with E-state index in [0.717, 1.165) is 12.8 Å². The van der Waals surface area contributed by atoms with Crippen molar-refractivity contribution in [3.05, 3.63) is 23.3 Å². The normalized spacial score (nSPS) is 17.0. The van der Waals surface area contributed by atoms with Crippen molar-refractivity contribution in [3.63, 3.8) is 0 Å². The highest BCUT2D eigenvalue weighted by Gasteiger charge is 2.45. The lowest BCUT2D eigenvalue weighted by atomic mass is 9.93. The van der Waals surface area contributed by atoms with Crippen LogP contribution in [0.1, 0.15) is 37.8 Å². The van der Waals surface area contributed by atoms with Crippen LogP contribution in [0.4, 0.5) is 5.69 Å². The number of nitrogens with one attached hydrogen (secondary N) is 2. The van der Waals surface area contributed by atoms with Crippen molar-refractivity contribution in [1.29, 1.82) is 0 Å². The highest BCUT2D eigenvalue weighted by atomic mass is 32.2. The molecule has 1 aromatic carbocycles. The zero-order valence-corrected chi connectivity index (χ0v) is 14.0. The Morgan fingerprint density at radius 2 is 1.76 bits per heavy atom. The molecule has 0 unspecified atom stereocenters. The zero-order chi connectivity index (χ0) is 15.8. The van der Waals surface area contributed by atoms with Gasteiger partial charge in [-0.3, -0.25) is 5.84 Å². The Kier molecular flexibility index (Phi) is 4.33. The predicted molar refractivity (Wildman–Crippen MR) is 85.4 cm³/mol. The second-order valence-electron chi connectivity index (χ2n) is 6.43. The van der Waals surface area contributed by atoms with Gasteiger partial charge < -0.3 is 5.43 Å². The summed E-state index contributed by atoms with van der Waals surface area (Å²) in [7, 11) is -3.49. The SMILES string of the molecule is Cc1cc(NN)cc(C)c1S(=O)(=O)NCC1(C(C)C)CC1. The van der Waals surface area contributed by atoms with Crippen LogP contribution >= 0.6 is 0 Å². The van der Waals surface area contributed by atoms with E-state index in [1.54, 1.807) is 26.0 Å². The van der Waals surface area contributed by atoms with Gasteiger partial charge in [0, 0.05) is 12.2 Å². The Bertz CT molecular complexity index is 611. The molecule has 2 rings (SSSR count). The largest absolute Gasteiger partial charge is 0.324 e. The highest BCUT2D eigenvalue weighted by Crippen LogP contribution is 2.51. The molecule has 0 aliphatic heterocycles. The predicted octanol–water partition coefficient (Wildman–Crippen LogP) is 2.30. The van der Waals surface area contributed by atoms with Gasteiger partial charge in [-0.2, -0.15) is 0 Å². The van der Waals surface area contributed by atoms with Crippen molar-refractivity contribution in [2.24, 2.45) is 17.2 Å². The Morgan fingerprint density at radius 3 is 2.14 bits per heavy atom. The van der Waals surface area contributed by atoms with Crippen molar-refractivity contribution < 1.29 is 8.42 Å². The first kappa shape index (κ1) is 16.3. The molecule has 5 nitrogen and oxygen atoms in total. The van der Waals surface area contributed by atoms with Crippen LogP contribution in [0.25, 0.3) is 0 Å². The minimum Gasteiger partial charge on any atom is -0.324 e. The fourth-order valence-corrected chi connectivity index (χ4v) is 4.47. The quantitative estimate of drug-likeness (QED) is 0.556. The smallest absolute Gasteiger partial charge is 0.241 e.